The van der Waals surface area contributed by atoms with Gasteiger partial charge in [0.25, 0.3) is 17.7 Å². The Morgan fingerprint density at radius 2 is 1.56 bits per heavy atom. The minimum absolute atomic E-state index is 0.0720. The zero-order valence-electron chi connectivity index (χ0n) is 18.4. The highest BCUT2D eigenvalue weighted by atomic mass is 32.2. The van der Waals surface area contributed by atoms with E-state index < -0.39 is 36.3 Å². The van der Waals surface area contributed by atoms with Crippen LogP contribution in [0.25, 0.3) is 0 Å². The summed E-state index contributed by atoms with van der Waals surface area (Å²) in [5, 5.41) is 2.68. The standard InChI is InChI=1S/C26H22N2O5S/c1-34-19-11-7-10-18(15-19)27-23(29)16-33-26(32)22(14-17-8-3-2-4-9-17)28-24(30)20-12-5-6-13-21(20)25(28)31/h2-13,15,22H,14,16H2,1H3,(H,27,29)/t22-/m0/s1. The zero-order valence-corrected chi connectivity index (χ0v) is 19.2. The third-order valence-electron chi connectivity index (χ3n) is 5.38. The number of carbonyl (C=O) groups is 4. The molecule has 7 nitrogen and oxygen atoms in total. The van der Waals surface area contributed by atoms with Crippen molar-refractivity contribution in [2.75, 3.05) is 18.2 Å². The molecular weight excluding hydrogens is 452 g/mol. The molecule has 0 fully saturated rings. The second-order valence-corrected chi connectivity index (χ2v) is 8.50. The molecule has 1 N–H and O–H groups in total. The first-order valence-corrected chi connectivity index (χ1v) is 11.8. The van der Waals surface area contributed by atoms with Crippen molar-refractivity contribution < 1.29 is 23.9 Å². The van der Waals surface area contributed by atoms with Gasteiger partial charge in [0.1, 0.15) is 6.04 Å². The summed E-state index contributed by atoms with van der Waals surface area (Å²) in [6.07, 6.45) is 2.00. The van der Waals surface area contributed by atoms with Gasteiger partial charge in [-0.3, -0.25) is 19.3 Å². The minimum atomic E-state index is -1.21. The molecule has 3 aromatic rings. The van der Waals surface area contributed by atoms with Gasteiger partial charge in [-0.25, -0.2) is 4.79 Å². The first-order valence-electron chi connectivity index (χ1n) is 10.6. The van der Waals surface area contributed by atoms with Gasteiger partial charge in [-0.15, -0.1) is 11.8 Å². The zero-order chi connectivity index (χ0) is 24.1. The van der Waals surface area contributed by atoms with E-state index >= 15 is 0 Å². The van der Waals surface area contributed by atoms with Crippen molar-refractivity contribution in [1.29, 1.82) is 0 Å². The maximum Gasteiger partial charge on any atom is 0.330 e. The van der Waals surface area contributed by atoms with Gasteiger partial charge in [0.15, 0.2) is 6.61 Å². The number of thioether (sulfide) groups is 1. The number of carbonyl (C=O) groups excluding carboxylic acids is 4. The van der Waals surface area contributed by atoms with Crippen molar-refractivity contribution in [1.82, 2.24) is 4.90 Å². The lowest BCUT2D eigenvalue weighted by Gasteiger charge is -2.24. The van der Waals surface area contributed by atoms with Crippen LogP contribution in [0, 0.1) is 0 Å². The average Bonchev–Trinajstić information content (AvgIpc) is 3.11. The molecule has 0 radical (unpaired) electrons. The summed E-state index contributed by atoms with van der Waals surface area (Å²) in [4.78, 5) is 53.4. The van der Waals surface area contributed by atoms with Gasteiger partial charge in [-0.05, 0) is 42.2 Å². The van der Waals surface area contributed by atoms with Gasteiger partial charge < -0.3 is 10.1 Å². The van der Waals surface area contributed by atoms with Crippen LogP contribution >= 0.6 is 11.8 Å². The Bertz CT molecular complexity index is 1210. The molecule has 0 aromatic heterocycles. The number of benzene rings is 3. The Kier molecular flexibility index (Phi) is 7.08. The highest BCUT2D eigenvalue weighted by Crippen LogP contribution is 2.26. The molecule has 3 aromatic carbocycles. The van der Waals surface area contributed by atoms with E-state index in [2.05, 4.69) is 5.32 Å². The van der Waals surface area contributed by atoms with Crippen molar-refractivity contribution in [2.24, 2.45) is 0 Å². The SMILES string of the molecule is CSc1cccc(NC(=O)COC(=O)[C@H](Cc2ccccc2)N2C(=O)c3ccccc3C2=O)c1. The van der Waals surface area contributed by atoms with E-state index in [0.29, 0.717) is 5.69 Å². The number of nitrogens with one attached hydrogen (secondary N) is 1. The molecule has 1 heterocycles. The molecular formula is C26H22N2O5S. The second kappa shape index (κ2) is 10.4. The smallest absolute Gasteiger partial charge is 0.330 e. The lowest BCUT2D eigenvalue weighted by atomic mass is 10.0. The number of hydrogen-bond donors (Lipinski definition) is 1. The predicted octanol–water partition coefficient (Wildman–Crippen LogP) is 3.80. The maximum atomic E-state index is 13.1. The fraction of sp³-hybridized carbons (Fsp3) is 0.154. The Hall–Kier alpha value is -3.91. The molecule has 1 atom stereocenters. The van der Waals surface area contributed by atoms with E-state index in [1.807, 2.05) is 24.5 Å². The highest BCUT2D eigenvalue weighted by Gasteiger charge is 2.43. The fourth-order valence-corrected chi connectivity index (χ4v) is 4.20. The number of imide groups is 1. The van der Waals surface area contributed by atoms with E-state index in [4.69, 9.17) is 4.74 Å². The number of amides is 3. The van der Waals surface area contributed by atoms with E-state index in [9.17, 15) is 19.2 Å². The molecule has 1 aliphatic rings. The first-order chi connectivity index (χ1) is 16.5. The summed E-state index contributed by atoms with van der Waals surface area (Å²) in [7, 11) is 0. The van der Waals surface area contributed by atoms with E-state index in [1.54, 1.807) is 60.7 Å². The normalized spacial score (nSPS) is 13.4. The largest absolute Gasteiger partial charge is 0.454 e. The van der Waals surface area contributed by atoms with Crippen LogP contribution in [-0.4, -0.2) is 47.5 Å². The van der Waals surface area contributed by atoms with Crippen LogP contribution < -0.4 is 5.32 Å². The third kappa shape index (κ3) is 5.02. The number of ether oxygens (including phenoxy) is 1. The summed E-state index contributed by atoms with van der Waals surface area (Å²) in [5.74, 6) is -2.47. The quantitative estimate of drug-likeness (QED) is 0.303. The molecule has 172 valence electrons. The third-order valence-corrected chi connectivity index (χ3v) is 6.11. The number of hydrogen-bond acceptors (Lipinski definition) is 6. The summed E-state index contributed by atoms with van der Waals surface area (Å²) in [6, 6.07) is 21.5. The lowest BCUT2D eigenvalue weighted by Crippen LogP contribution is -2.47. The van der Waals surface area contributed by atoms with Gasteiger partial charge in [0.2, 0.25) is 0 Å². The molecule has 3 amide bonds. The van der Waals surface area contributed by atoms with Crippen LogP contribution in [-0.2, 0) is 20.7 Å². The second-order valence-electron chi connectivity index (χ2n) is 7.62. The summed E-state index contributed by atoms with van der Waals surface area (Å²) in [6.45, 7) is -0.545. The Morgan fingerprint density at radius 1 is 0.912 bits per heavy atom. The molecule has 8 heteroatoms. The summed E-state index contributed by atoms with van der Waals surface area (Å²) < 4.78 is 5.27. The molecule has 0 saturated heterocycles. The number of rotatable bonds is 8. The van der Waals surface area contributed by atoms with Gasteiger partial charge in [-0.1, -0.05) is 48.5 Å². The topological polar surface area (TPSA) is 92.8 Å². The van der Waals surface area contributed by atoms with Gasteiger partial charge >= 0.3 is 5.97 Å². The monoisotopic (exact) mass is 474 g/mol. The molecule has 1 aliphatic heterocycles. The Morgan fingerprint density at radius 3 is 2.21 bits per heavy atom. The van der Waals surface area contributed by atoms with Gasteiger partial charge in [0.05, 0.1) is 11.1 Å². The van der Waals surface area contributed by atoms with Gasteiger partial charge in [0, 0.05) is 17.0 Å². The van der Waals surface area contributed by atoms with Crippen LogP contribution in [0.15, 0.2) is 83.8 Å². The van der Waals surface area contributed by atoms with Crippen LogP contribution in [0.1, 0.15) is 26.3 Å². The first kappa shape index (κ1) is 23.3. The van der Waals surface area contributed by atoms with Crippen molar-refractivity contribution >= 4 is 41.1 Å². The van der Waals surface area contributed by atoms with Crippen molar-refractivity contribution in [2.45, 2.75) is 17.4 Å². The van der Waals surface area contributed by atoms with Crippen molar-refractivity contribution in [3.05, 3.63) is 95.6 Å². The maximum absolute atomic E-state index is 13.1. The van der Waals surface area contributed by atoms with Crippen LogP contribution in [0.4, 0.5) is 5.69 Å². The van der Waals surface area contributed by atoms with Gasteiger partial charge in [-0.2, -0.15) is 0 Å². The molecule has 34 heavy (non-hydrogen) atoms. The Balaban J connectivity index is 1.50. The molecule has 0 spiro atoms. The van der Waals surface area contributed by atoms with E-state index in [0.717, 1.165) is 15.4 Å². The van der Waals surface area contributed by atoms with E-state index in [-0.39, 0.29) is 17.5 Å². The number of nitrogens with zero attached hydrogens (tertiary/aromatic N) is 1. The summed E-state index contributed by atoms with van der Waals surface area (Å²) in [5.41, 5.74) is 1.81. The Labute approximate surface area is 201 Å². The summed E-state index contributed by atoms with van der Waals surface area (Å²) >= 11 is 1.54. The minimum Gasteiger partial charge on any atom is -0.454 e. The number of anilines is 1. The molecule has 0 unspecified atom stereocenters. The van der Waals surface area contributed by atoms with Crippen LogP contribution in [0.3, 0.4) is 0 Å². The molecule has 0 aliphatic carbocycles. The van der Waals surface area contributed by atoms with Crippen molar-refractivity contribution in [3.63, 3.8) is 0 Å². The lowest BCUT2D eigenvalue weighted by molar-refractivity contribution is -0.151. The van der Waals surface area contributed by atoms with Crippen molar-refractivity contribution in [3.8, 4) is 0 Å². The predicted molar refractivity (Wildman–Crippen MR) is 129 cm³/mol. The molecule has 4 rings (SSSR count). The molecule has 0 saturated carbocycles. The average molecular weight is 475 g/mol. The van der Waals surface area contributed by atoms with Crippen LogP contribution in [0.5, 0.6) is 0 Å². The number of esters is 1. The molecule has 0 bridgehead atoms. The number of fused-ring (bicyclic) bond motifs is 1. The highest BCUT2D eigenvalue weighted by molar-refractivity contribution is 7.98. The van der Waals surface area contributed by atoms with E-state index in [1.165, 1.54) is 11.8 Å². The fourth-order valence-electron chi connectivity index (χ4n) is 3.74. The van der Waals surface area contributed by atoms with Crippen LogP contribution in [0.2, 0.25) is 0 Å².